The number of benzene rings is 2. The Kier molecular flexibility index (Phi) is 5.25. The second kappa shape index (κ2) is 8.10. The lowest BCUT2D eigenvalue weighted by molar-refractivity contribution is 0.0731. The Bertz CT molecular complexity index is 1300. The number of aromatic nitrogens is 2. The van der Waals surface area contributed by atoms with Crippen molar-refractivity contribution in [3.8, 4) is 5.69 Å². The first kappa shape index (κ1) is 20.8. The van der Waals surface area contributed by atoms with Crippen LogP contribution >= 0.6 is 11.3 Å². The number of carbonyl (C=O) groups is 1. The lowest BCUT2D eigenvalue weighted by Crippen LogP contribution is -2.53. The number of amides is 1. The number of anilines is 1. The molecule has 32 heavy (non-hydrogen) atoms. The van der Waals surface area contributed by atoms with E-state index in [1.807, 2.05) is 34.7 Å². The number of hydrogen-bond donors (Lipinski definition) is 0. The van der Waals surface area contributed by atoms with E-state index in [4.69, 9.17) is 5.10 Å². The van der Waals surface area contributed by atoms with Crippen LogP contribution in [0.4, 0.5) is 5.69 Å². The molecule has 1 unspecified atom stereocenters. The number of nitrogens with zero attached hydrogens (tertiary/aromatic N) is 4. The molecule has 164 valence electrons. The average molecular weight is 445 g/mol. The first-order valence-electron chi connectivity index (χ1n) is 11.1. The van der Waals surface area contributed by atoms with E-state index in [1.165, 1.54) is 16.8 Å². The smallest absolute Gasteiger partial charge is 0.264 e. The molecular weight excluding hydrogens is 416 g/mol. The predicted octanol–water partition coefficient (Wildman–Crippen LogP) is 5.36. The highest BCUT2D eigenvalue weighted by Crippen LogP contribution is 2.32. The fourth-order valence-corrected chi connectivity index (χ4v) is 5.75. The zero-order chi connectivity index (χ0) is 22.4. The zero-order valence-corrected chi connectivity index (χ0v) is 19.8. The number of para-hydroxylation sites is 1. The minimum absolute atomic E-state index is 0.123. The molecule has 5 rings (SSSR count). The first-order valence-corrected chi connectivity index (χ1v) is 11.9. The summed E-state index contributed by atoms with van der Waals surface area (Å²) in [5, 5.41) is 5.81. The van der Waals surface area contributed by atoms with Gasteiger partial charge in [-0.15, -0.1) is 11.3 Å². The van der Waals surface area contributed by atoms with Crippen LogP contribution in [0.2, 0.25) is 0 Å². The van der Waals surface area contributed by atoms with Crippen molar-refractivity contribution >= 4 is 33.1 Å². The van der Waals surface area contributed by atoms with E-state index in [1.54, 1.807) is 11.3 Å². The van der Waals surface area contributed by atoms with E-state index in [9.17, 15) is 4.79 Å². The number of piperazine rings is 1. The van der Waals surface area contributed by atoms with Crippen LogP contribution in [-0.4, -0.2) is 46.3 Å². The van der Waals surface area contributed by atoms with Crippen molar-refractivity contribution in [1.29, 1.82) is 0 Å². The van der Waals surface area contributed by atoms with E-state index in [-0.39, 0.29) is 11.9 Å². The van der Waals surface area contributed by atoms with E-state index in [0.717, 1.165) is 46.1 Å². The largest absolute Gasteiger partial charge is 0.365 e. The molecule has 1 amide bonds. The minimum atomic E-state index is 0.123. The topological polar surface area (TPSA) is 41.4 Å². The second-order valence-electron chi connectivity index (χ2n) is 8.75. The Balaban J connectivity index is 1.40. The molecule has 0 aliphatic carbocycles. The molecule has 0 spiro atoms. The normalized spacial score (nSPS) is 16.7. The Morgan fingerprint density at radius 1 is 1.03 bits per heavy atom. The lowest BCUT2D eigenvalue weighted by Gasteiger charge is -2.41. The van der Waals surface area contributed by atoms with Gasteiger partial charge < -0.3 is 9.80 Å². The lowest BCUT2D eigenvalue weighted by atomic mass is 10.1. The van der Waals surface area contributed by atoms with Crippen molar-refractivity contribution in [2.45, 2.75) is 33.7 Å². The number of thiophene rings is 1. The Hall–Kier alpha value is -3.12. The standard InChI is InChI=1S/C26H28N4OS/c1-17-8-7-10-21(14-17)29-13-12-28(16-19(29)3)25(31)24-15-22-20(4)27-30(26(22)32-24)23-11-6-5-9-18(23)2/h5-11,14-15,19H,12-13,16H2,1-4H3. The summed E-state index contributed by atoms with van der Waals surface area (Å²) in [6.07, 6.45) is 0. The zero-order valence-electron chi connectivity index (χ0n) is 19.0. The van der Waals surface area contributed by atoms with E-state index in [0.29, 0.717) is 0 Å². The highest BCUT2D eigenvalue weighted by molar-refractivity contribution is 7.20. The summed E-state index contributed by atoms with van der Waals surface area (Å²) in [7, 11) is 0. The molecule has 1 aliphatic rings. The minimum Gasteiger partial charge on any atom is -0.365 e. The molecule has 5 nitrogen and oxygen atoms in total. The quantitative estimate of drug-likeness (QED) is 0.427. The summed E-state index contributed by atoms with van der Waals surface area (Å²) in [5.74, 6) is 0.123. The molecule has 0 N–H and O–H groups in total. The molecule has 1 atom stereocenters. The predicted molar refractivity (Wildman–Crippen MR) is 132 cm³/mol. The summed E-state index contributed by atoms with van der Waals surface area (Å²) >= 11 is 1.55. The molecule has 0 bridgehead atoms. The van der Waals surface area contributed by atoms with Crippen LogP contribution in [0, 0.1) is 20.8 Å². The molecule has 0 radical (unpaired) electrons. The van der Waals surface area contributed by atoms with Crippen LogP contribution in [0.15, 0.2) is 54.6 Å². The number of aryl methyl sites for hydroxylation is 3. The SMILES string of the molecule is Cc1cccc(N2CCN(C(=O)c3cc4c(C)nn(-c5ccccc5C)c4s3)CC2C)c1. The van der Waals surface area contributed by atoms with Gasteiger partial charge in [-0.25, -0.2) is 4.68 Å². The van der Waals surface area contributed by atoms with Gasteiger partial charge in [-0.3, -0.25) is 4.79 Å². The Morgan fingerprint density at radius 2 is 1.84 bits per heavy atom. The third-order valence-electron chi connectivity index (χ3n) is 6.35. The number of hydrogen-bond acceptors (Lipinski definition) is 4. The summed E-state index contributed by atoms with van der Waals surface area (Å²) in [6, 6.07) is 19.1. The van der Waals surface area contributed by atoms with Gasteiger partial charge in [0.05, 0.1) is 16.3 Å². The number of rotatable bonds is 3. The van der Waals surface area contributed by atoms with Crippen molar-refractivity contribution in [3.05, 3.63) is 76.3 Å². The van der Waals surface area contributed by atoms with Gasteiger partial charge in [0.15, 0.2) is 0 Å². The monoisotopic (exact) mass is 444 g/mol. The molecule has 1 saturated heterocycles. The highest BCUT2D eigenvalue weighted by atomic mass is 32.1. The van der Waals surface area contributed by atoms with Crippen molar-refractivity contribution in [2.75, 3.05) is 24.5 Å². The number of carbonyl (C=O) groups excluding carboxylic acids is 1. The summed E-state index contributed by atoms with van der Waals surface area (Å²) < 4.78 is 1.99. The third kappa shape index (κ3) is 3.58. The van der Waals surface area contributed by atoms with Crippen LogP contribution in [0.25, 0.3) is 15.9 Å². The molecule has 4 aromatic rings. The highest BCUT2D eigenvalue weighted by Gasteiger charge is 2.29. The van der Waals surface area contributed by atoms with Crippen molar-refractivity contribution in [3.63, 3.8) is 0 Å². The first-order chi connectivity index (χ1) is 15.4. The van der Waals surface area contributed by atoms with Gasteiger partial charge in [0.1, 0.15) is 4.83 Å². The maximum Gasteiger partial charge on any atom is 0.264 e. The van der Waals surface area contributed by atoms with Crippen LogP contribution in [0.3, 0.4) is 0 Å². The van der Waals surface area contributed by atoms with Gasteiger partial charge in [0.25, 0.3) is 5.91 Å². The fraction of sp³-hybridized carbons (Fsp3) is 0.308. The summed E-state index contributed by atoms with van der Waals surface area (Å²) in [5.41, 5.74) is 5.68. The third-order valence-corrected chi connectivity index (χ3v) is 7.45. The van der Waals surface area contributed by atoms with Crippen LogP contribution in [0.5, 0.6) is 0 Å². The van der Waals surface area contributed by atoms with Crippen LogP contribution < -0.4 is 4.90 Å². The van der Waals surface area contributed by atoms with Gasteiger partial charge in [-0.2, -0.15) is 5.10 Å². The van der Waals surface area contributed by atoms with Gasteiger partial charge in [0.2, 0.25) is 0 Å². The van der Waals surface area contributed by atoms with Crippen LogP contribution in [0.1, 0.15) is 33.4 Å². The van der Waals surface area contributed by atoms with Crippen molar-refractivity contribution < 1.29 is 4.79 Å². The van der Waals surface area contributed by atoms with E-state index >= 15 is 0 Å². The van der Waals surface area contributed by atoms with E-state index < -0.39 is 0 Å². The molecule has 1 fully saturated rings. The molecular formula is C26H28N4OS. The Morgan fingerprint density at radius 3 is 2.59 bits per heavy atom. The van der Waals surface area contributed by atoms with Gasteiger partial charge >= 0.3 is 0 Å². The van der Waals surface area contributed by atoms with Crippen molar-refractivity contribution in [2.24, 2.45) is 0 Å². The maximum absolute atomic E-state index is 13.4. The second-order valence-corrected chi connectivity index (χ2v) is 9.78. The molecule has 6 heteroatoms. The fourth-order valence-electron chi connectivity index (χ4n) is 4.61. The number of fused-ring (bicyclic) bond motifs is 1. The summed E-state index contributed by atoms with van der Waals surface area (Å²) in [4.78, 5) is 19.7. The maximum atomic E-state index is 13.4. The van der Waals surface area contributed by atoms with Gasteiger partial charge in [-0.1, -0.05) is 30.3 Å². The van der Waals surface area contributed by atoms with E-state index in [2.05, 4.69) is 62.1 Å². The molecule has 3 heterocycles. The molecule has 2 aromatic carbocycles. The average Bonchev–Trinajstić information content (AvgIpc) is 3.34. The van der Waals surface area contributed by atoms with Crippen LogP contribution in [-0.2, 0) is 0 Å². The summed E-state index contributed by atoms with van der Waals surface area (Å²) in [6.45, 7) is 10.7. The Labute approximate surface area is 192 Å². The molecule has 2 aromatic heterocycles. The van der Waals surface area contributed by atoms with Gasteiger partial charge in [-0.05, 0) is 63.1 Å². The molecule has 1 aliphatic heterocycles. The molecule has 0 saturated carbocycles. The van der Waals surface area contributed by atoms with Gasteiger partial charge in [0, 0.05) is 36.7 Å². The van der Waals surface area contributed by atoms with Crippen molar-refractivity contribution in [1.82, 2.24) is 14.7 Å².